The van der Waals surface area contributed by atoms with Gasteiger partial charge in [0, 0.05) is 28.2 Å². The van der Waals surface area contributed by atoms with Crippen molar-refractivity contribution in [2.24, 2.45) is 5.73 Å². The monoisotopic (exact) mass is 262 g/mol. The standard InChI is InChI=1S/C15H19ClN2/c16-11-6-7-15-13(10-11)12-4-1-2-5-14(12)18(15)9-3-8-17/h6-7,10H,1-5,8-9,17H2. The normalized spacial score (nSPS) is 15.0. The highest BCUT2D eigenvalue weighted by atomic mass is 35.5. The smallest absolute Gasteiger partial charge is 0.0486 e. The predicted molar refractivity (Wildman–Crippen MR) is 77.3 cm³/mol. The fraction of sp³-hybridized carbons (Fsp3) is 0.467. The van der Waals surface area contributed by atoms with Gasteiger partial charge in [0.2, 0.25) is 0 Å². The molecule has 0 spiro atoms. The molecule has 2 aromatic rings. The van der Waals surface area contributed by atoms with Gasteiger partial charge in [0.25, 0.3) is 0 Å². The van der Waals surface area contributed by atoms with Crippen molar-refractivity contribution in [2.75, 3.05) is 6.54 Å². The number of fused-ring (bicyclic) bond motifs is 3. The summed E-state index contributed by atoms with van der Waals surface area (Å²) in [6.07, 6.45) is 6.04. The SMILES string of the molecule is NCCCn1c2c(c3cc(Cl)ccc31)CCCC2. The Kier molecular flexibility index (Phi) is 3.31. The number of benzene rings is 1. The number of aryl methyl sites for hydroxylation is 2. The van der Waals surface area contributed by atoms with E-state index in [2.05, 4.69) is 16.7 Å². The first-order valence-corrected chi connectivity index (χ1v) is 7.18. The van der Waals surface area contributed by atoms with Crippen LogP contribution in [0.2, 0.25) is 5.02 Å². The van der Waals surface area contributed by atoms with Crippen molar-refractivity contribution in [2.45, 2.75) is 38.6 Å². The maximum Gasteiger partial charge on any atom is 0.0486 e. The minimum Gasteiger partial charge on any atom is -0.344 e. The van der Waals surface area contributed by atoms with Gasteiger partial charge in [-0.1, -0.05) is 11.6 Å². The molecule has 0 saturated carbocycles. The number of hydrogen-bond donors (Lipinski definition) is 1. The zero-order valence-corrected chi connectivity index (χ0v) is 11.3. The third-order valence-corrected chi connectivity index (χ3v) is 4.16. The van der Waals surface area contributed by atoms with Gasteiger partial charge in [-0.05, 0) is 62.4 Å². The van der Waals surface area contributed by atoms with E-state index in [1.165, 1.54) is 47.8 Å². The summed E-state index contributed by atoms with van der Waals surface area (Å²) in [6, 6.07) is 6.28. The predicted octanol–water partition coefficient (Wildman–Crippen LogP) is 3.52. The van der Waals surface area contributed by atoms with Crippen LogP contribution in [0, 0.1) is 0 Å². The van der Waals surface area contributed by atoms with E-state index >= 15 is 0 Å². The van der Waals surface area contributed by atoms with E-state index in [0.29, 0.717) is 0 Å². The van der Waals surface area contributed by atoms with Crippen molar-refractivity contribution in [1.82, 2.24) is 4.57 Å². The van der Waals surface area contributed by atoms with Gasteiger partial charge in [-0.2, -0.15) is 0 Å². The summed E-state index contributed by atoms with van der Waals surface area (Å²) in [5, 5.41) is 2.20. The molecular weight excluding hydrogens is 244 g/mol. The summed E-state index contributed by atoms with van der Waals surface area (Å²) in [5.41, 5.74) is 10.0. The van der Waals surface area contributed by atoms with Crippen molar-refractivity contribution >= 4 is 22.5 Å². The molecule has 1 heterocycles. The molecule has 2 N–H and O–H groups in total. The first-order valence-electron chi connectivity index (χ1n) is 6.81. The van der Waals surface area contributed by atoms with E-state index in [4.69, 9.17) is 17.3 Å². The second-order valence-electron chi connectivity index (χ2n) is 5.09. The Morgan fingerprint density at radius 1 is 1.22 bits per heavy atom. The van der Waals surface area contributed by atoms with Gasteiger partial charge in [0.15, 0.2) is 0 Å². The van der Waals surface area contributed by atoms with Crippen molar-refractivity contribution in [3.8, 4) is 0 Å². The van der Waals surface area contributed by atoms with Gasteiger partial charge in [-0.25, -0.2) is 0 Å². The van der Waals surface area contributed by atoms with Gasteiger partial charge in [-0.15, -0.1) is 0 Å². The summed E-state index contributed by atoms with van der Waals surface area (Å²) < 4.78 is 2.47. The molecule has 0 saturated heterocycles. The highest BCUT2D eigenvalue weighted by Gasteiger charge is 2.19. The lowest BCUT2D eigenvalue weighted by molar-refractivity contribution is 0.596. The summed E-state index contributed by atoms with van der Waals surface area (Å²) in [4.78, 5) is 0. The van der Waals surface area contributed by atoms with E-state index in [-0.39, 0.29) is 0 Å². The van der Waals surface area contributed by atoms with E-state index in [0.717, 1.165) is 24.5 Å². The summed E-state index contributed by atoms with van der Waals surface area (Å²) in [7, 11) is 0. The molecule has 0 aliphatic heterocycles. The summed E-state index contributed by atoms with van der Waals surface area (Å²) >= 11 is 6.15. The minimum atomic E-state index is 0.752. The number of hydrogen-bond acceptors (Lipinski definition) is 1. The molecule has 0 radical (unpaired) electrons. The molecule has 0 fully saturated rings. The molecule has 1 aromatic carbocycles. The van der Waals surface area contributed by atoms with Crippen LogP contribution < -0.4 is 5.73 Å². The Balaban J connectivity index is 2.19. The third-order valence-electron chi connectivity index (χ3n) is 3.92. The molecule has 3 heteroatoms. The number of rotatable bonds is 3. The topological polar surface area (TPSA) is 30.9 Å². The fourth-order valence-electron chi connectivity index (χ4n) is 3.11. The van der Waals surface area contributed by atoms with Crippen LogP contribution in [0.3, 0.4) is 0 Å². The number of halogens is 1. The third kappa shape index (κ3) is 1.94. The van der Waals surface area contributed by atoms with E-state index in [1.807, 2.05) is 6.07 Å². The molecule has 0 atom stereocenters. The van der Waals surface area contributed by atoms with Crippen LogP contribution in [0.1, 0.15) is 30.5 Å². The maximum atomic E-state index is 6.15. The number of nitrogens with zero attached hydrogens (tertiary/aromatic N) is 1. The molecule has 3 rings (SSSR count). The van der Waals surface area contributed by atoms with E-state index in [9.17, 15) is 0 Å². The summed E-state index contributed by atoms with van der Waals surface area (Å²) in [6.45, 7) is 1.78. The second kappa shape index (κ2) is 4.94. The highest BCUT2D eigenvalue weighted by molar-refractivity contribution is 6.31. The zero-order chi connectivity index (χ0) is 12.5. The Morgan fingerprint density at radius 2 is 2.06 bits per heavy atom. The van der Waals surface area contributed by atoms with Crippen LogP contribution in [0.4, 0.5) is 0 Å². The van der Waals surface area contributed by atoms with Crippen LogP contribution >= 0.6 is 11.6 Å². The van der Waals surface area contributed by atoms with Crippen LogP contribution in [0.25, 0.3) is 10.9 Å². The Hall–Kier alpha value is -0.990. The minimum absolute atomic E-state index is 0.752. The van der Waals surface area contributed by atoms with Gasteiger partial charge in [0.1, 0.15) is 0 Å². The quantitative estimate of drug-likeness (QED) is 0.902. The van der Waals surface area contributed by atoms with Gasteiger partial charge in [0.05, 0.1) is 0 Å². The van der Waals surface area contributed by atoms with Crippen LogP contribution in [-0.4, -0.2) is 11.1 Å². The van der Waals surface area contributed by atoms with Crippen molar-refractivity contribution < 1.29 is 0 Å². The van der Waals surface area contributed by atoms with Crippen molar-refractivity contribution in [3.63, 3.8) is 0 Å². The molecule has 1 aliphatic rings. The van der Waals surface area contributed by atoms with E-state index < -0.39 is 0 Å². The van der Waals surface area contributed by atoms with Crippen LogP contribution in [-0.2, 0) is 19.4 Å². The first kappa shape index (κ1) is 12.1. The maximum absolute atomic E-state index is 6.15. The summed E-state index contributed by atoms with van der Waals surface area (Å²) in [5.74, 6) is 0. The lowest BCUT2D eigenvalue weighted by Gasteiger charge is -2.15. The first-order chi connectivity index (χ1) is 8.81. The average Bonchev–Trinajstić information content (AvgIpc) is 2.70. The Morgan fingerprint density at radius 3 is 2.89 bits per heavy atom. The fourth-order valence-corrected chi connectivity index (χ4v) is 3.29. The lowest BCUT2D eigenvalue weighted by atomic mass is 9.95. The van der Waals surface area contributed by atoms with E-state index in [1.54, 1.807) is 0 Å². The molecule has 1 aromatic heterocycles. The molecule has 0 amide bonds. The van der Waals surface area contributed by atoms with Crippen molar-refractivity contribution in [1.29, 1.82) is 0 Å². The number of aromatic nitrogens is 1. The molecular formula is C15H19ClN2. The molecule has 0 unspecified atom stereocenters. The molecule has 1 aliphatic carbocycles. The zero-order valence-electron chi connectivity index (χ0n) is 10.6. The van der Waals surface area contributed by atoms with Crippen LogP contribution in [0.15, 0.2) is 18.2 Å². The van der Waals surface area contributed by atoms with Crippen molar-refractivity contribution in [3.05, 3.63) is 34.5 Å². The molecule has 0 bridgehead atoms. The highest BCUT2D eigenvalue weighted by Crippen LogP contribution is 2.33. The van der Waals surface area contributed by atoms with Gasteiger partial charge < -0.3 is 10.3 Å². The average molecular weight is 263 g/mol. The Bertz CT molecular complexity index is 571. The van der Waals surface area contributed by atoms with Gasteiger partial charge in [-0.3, -0.25) is 0 Å². The molecule has 18 heavy (non-hydrogen) atoms. The Labute approximate surface area is 113 Å². The second-order valence-corrected chi connectivity index (χ2v) is 5.52. The molecule has 96 valence electrons. The molecule has 2 nitrogen and oxygen atoms in total. The van der Waals surface area contributed by atoms with Crippen LogP contribution in [0.5, 0.6) is 0 Å². The number of nitrogens with two attached hydrogens (primary N) is 1. The van der Waals surface area contributed by atoms with Gasteiger partial charge >= 0.3 is 0 Å². The largest absolute Gasteiger partial charge is 0.344 e. The lowest BCUT2D eigenvalue weighted by Crippen LogP contribution is -2.11.